The molecule has 0 radical (unpaired) electrons. The minimum Gasteiger partial charge on any atom is -0.287 e. The lowest BCUT2D eigenvalue weighted by molar-refractivity contribution is 0.102. The summed E-state index contributed by atoms with van der Waals surface area (Å²) in [6.07, 6.45) is 2.67. The largest absolute Gasteiger partial charge is 0.287 e. The van der Waals surface area contributed by atoms with Gasteiger partial charge in [-0.2, -0.15) is 18.3 Å². The third kappa shape index (κ3) is 6.74. The molecule has 50 heavy (non-hydrogen) atoms. The summed E-state index contributed by atoms with van der Waals surface area (Å²) in [7, 11) is -5.58. The minimum absolute atomic E-state index is 0.124. The standard InChI is InChI=1S/C17H18F4N2OSi.C17H19F3N4Si/c1-17(2,3)25(4,5)14-10(18)12(23-16(21)11(14)19)13(24)9-7-6-8-22-15(9)20;1-17(2,3)25(4,5)14-10(18)13(22-15(20)11(14)19)12-9-7-6-8-21-16(9)24-23-12/h6-8H,1-5H3;6-8H,1-5H3,(H,21,23,24). The Hall–Kier alpha value is -4.32. The molecule has 16 heteroatoms. The van der Waals surface area contributed by atoms with Crippen molar-refractivity contribution in [2.75, 3.05) is 0 Å². The predicted molar refractivity (Wildman–Crippen MR) is 182 cm³/mol. The number of hydrogen-bond acceptors (Lipinski definition) is 6. The Labute approximate surface area is 286 Å². The third-order valence-corrected chi connectivity index (χ3v) is 20.7. The molecule has 0 aliphatic rings. The van der Waals surface area contributed by atoms with E-state index in [-0.39, 0.29) is 21.6 Å². The highest BCUT2D eigenvalue weighted by molar-refractivity contribution is 6.92. The van der Waals surface area contributed by atoms with E-state index in [0.29, 0.717) is 11.0 Å². The average molecular weight is 735 g/mol. The number of aromatic nitrogens is 6. The molecule has 0 aliphatic heterocycles. The molecular weight excluding hydrogens is 698 g/mol. The van der Waals surface area contributed by atoms with E-state index in [9.17, 15) is 26.7 Å². The molecule has 0 saturated carbocycles. The van der Waals surface area contributed by atoms with Gasteiger partial charge in [0.05, 0.1) is 21.7 Å². The number of nitrogens with one attached hydrogen (secondary N) is 1. The summed E-state index contributed by atoms with van der Waals surface area (Å²) in [4.78, 5) is 26.4. The van der Waals surface area contributed by atoms with E-state index >= 15 is 8.78 Å². The first kappa shape index (κ1) is 38.5. The van der Waals surface area contributed by atoms with Crippen molar-refractivity contribution in [1.82, 2.24) is 30.1 Å². The van der Waals surface area contributed by atoms with Gasteiger partial charge in [0.1, 0.15) is 11.4 Å². The Morgan fingerprint density at radius 1 is 0.640 bits per heavy atom. The maximum Gasteiger partial charge on any atom is 0.249 e. The van der Waals surface area contributed by atoms with E-state index < -0.39 is 84.5 Å². The van der Waals surface area contributed by atoms with Crippen molar-refractivity contribution < 1.29 is 35.5 Å². The van der Waals surface area contributed by atoms with Crippen LogP contribution in [0.15, 0.2) is 36.7 Å². The number of ketones is 1. The number of carbonyl (C=O) groups excluding carboxylic acids is 1. The zero-order valence-corrected chi connectivity index (χ0v) is 31.3. The van der Waals surface area contributed by atoms with Crippen LogP contribution >= 0.6 is 0 Å². The van der Waals surface area contributed by atoms with Crippen LogP contribution in [0.5, 0.6) is 0 Å². The first-order valence-corrected chi connectivity index (χ1v) is 21.5. The van der Waals surface area contributed by atoms with Crippen molar-refractivity contribution in [2.24, 2.45) is 0 Å². The van der Waals surface area contributed by atoms with Gasteiger partial charge in [0.2, 0.25) is 23.6 Å². The maximum atomic E-state index is 15.3. The summed E-state index contributed by atoms with van der Waals surface area (Å²) in [5.74, 6) is -9.88. The Bertz CT molecular complexity index is 2110. The van der Waals surface area contributed by atoms with Crippen LogP contribution in [-0.4, -0.2) is 52.1 Å². The number of nitrogens with zero attached hydrogens (tertiary/aromatic N) is 5. The van der Waals surface area contributed by atoms with Crippen LogP contribution in [0.4, 0.5) is 30.7 Å². The van der Waals surface area contributed by atoms with Gasteiger partial charge < -0.3 is 0 Å². The molecule has 5 heterocycles. The summed E-state index contributed by atoms with van der Waals surface area (Å²) >= 11 is 0. The van der Waals surface area contributed by atoms with E-state index in [4.69, 9.17) is 0 Å². The lowest BCUT2D eigenvalue weighted by Gasteiger charge is -2.37. The molecule has 5 rings (SSSR count). The zero-order valence-electron chi connectivity index (χ0n) is 29.3. The van der Waals surface area contributed by atoms with Crippen LogP contribution in [0.1, 0.15) is 57.6 Å². The monoisotopic (exact) mass is 734 g/mol. The molecule has 5 aromatic rings. The molecular formula is C34H37F7N6OSi2. The zero-order chi connectivity index (χ0) is 37.7. The van der Waals surface area contributed by atoms with E-state index in [2.05, 4.69) is 30.1 Å². The molecule has 0 aromatic carbocycles. The number of rotatable bonds is 5. The molecule has 0 spiro atoms. The van der Waals surface area contributed by atoms with Gasteiger partial charge in [-0.15, -0.1) is 0 Å². The highest BCUT2D eigenvalue weighted by Gasteiger charge is 2.45. The molecule has 0 atom stereocenters. The number of carbonyl (C=O) groups is 1. The lowest BCUT2D eigenvalue weighted by Crippen LogP contribution is -2.53. The highest BCUT2D eigenvalue weighted by atomic mass is 28.3. The number of fused-ring (bicyclic) bond motifs is 1. The molecule has 0 unspecified atom stereocenters. The summed E-state index contributed by atoms with van der Waals surface area (Å²) in [5, 5.41) is 5.63. The predicted octanol–water partition coefficient (Wildman–Crippen LogP) is 8.13. The minimum atomic E-state index is -2.88. The van der Waals surface area contributed by atoms with Crippen molar-refractivity contribution in [2.45, 2.75) is 77.8 Å². The maximum absolute atomic E-state index is 15.3. The summed E-state index contributed by atoms with van der Waals surface area (Å²) in [6, 6.07) is 5.70. The van der Waals surface area contributed by atoms with Gasteiger partial charge in [-0.05, 0) is 34.3 Å². The molecule has 0 bridgehead atoms. The topological polar surface area (TPSA) is 97.3 Å². The van der Waals surface area contributed by atoms with Crippen LogP contribution < -0.4 is 10.4 Å². The molecule has 0 saturated heterocycles. The quantitative estimate of drug-likeness (QED) is 0.0848. The van der Waals surface area contributed by atoms with Gasteiger partial charge in [-0.25, -0.2) is 37.5 Å². The smallest absolute Gasteiger partial charge is 0.249 e. The first-order valence-electron chi connectivity index (χ1n) is 15.5. The van der Waals surface area contributed by atoms with Crippen molar-refractivity contribution in [1.29, 1.82) is 0 Å². The van der Waals surface area contributed by atoms with Gasteiger partial charge >= 0.3 is 0 Å². The number of hydrogen-bond donors (Lipinski definition) is 1. The van der Waals surface area contributed by atoms with Gasteiger partial charge in [-0.3, -0.25) is 9.89 Å². The van der Waals surface area contributed by atoms with E-state index in [0.717, 1.165) is 12.3 Å². The van der Waals surface area contributed by atoms with E-state index in [1.807, 2.05) is 33.9 Å². The average Bonchev–Trinajstić information content (AvgIpc) is 3.44. The number of aromatic amines is 1. The molecule has 0 fully saturated rings. The highest BCUT2D eigenvalue weighted by Crippen LogP contribution is 2.39. The van der Waals surface area contributed by atoms with Crippen molar-refractivity contribution >= 4 is 43.3 Å². The van der Waals surface area contributed by atoms with Crippen molar-refractivity contribution in [3.8, 4) is 11.4 Å². The van der Waals surface area contributed by atoms with Gasteiger partial charge in [0, 0.05) is 28.2 Å². The molecule has 5 aromatic heterocycles. The Morgan fingerprint density at radius 3 is 1.68 bits per heavy atom. The van der Waals surface area contributed by atoms with Gasteiger partial charge in [0.15, 0.2) is 34.6 Å². The van der Waals surface area contributed by atoms with Gasteiger partial charge in [-0.1, -0.05) is 67.7 Å². The molecule has 0 aliphatic carbocycles. The fraction of sp³-hybridized carbons (Fsp3) is 0.353. The molecule has 266 valence electrons. The van der Waals surface area contributed by atoms with Crippen LogP contribution in [0.25, 0.3) is 22.4 Å². The Morgan fingerprint density at radius 2 is 1.14 bits per heavy atom. The number of halogens is 7. The lowest BCUT2D eigenvalue weighted by atomic mass is 10.1. The van der Waals surface area contributed by atoms with Gasteiger partial charge in [0.25, 0.3) is 0 Å². The molecule has 7 nitrogen and oxygen atoms in total. The first-order chi connectivity index (χ1) is 22.9. The van der Waals surface area contributed by atoms with E-state index in [1.54, 1.807) is 52.2 Å². The summed E-state index contributed by atoms with van der Waals surface area (Å²) < 4.78 is 101. The third-order valence-electron chi connectivity index (χ3n) is 9.86. The fourth-order valence-corrected chi connectivity index (χ4v) is 9.04. The van der Waals surface area contributed by atoms with Crippen LogP contribution in [0, 0.1) is 41.1 Å². The second-order valence-corrected chi connectivity index (χ2v) is 25.4. The van der Waals surface area contributed by atoms with E-state index in [1.165, 1.54) is 6.07 Å². The van der Waals surface area contributed by atoms with Crippen LogP contribution in [0.3, 0.4) is 0 Å². The second-order valence-electron chi connectivity index (χ2n) is 14.9. The molecule has 1 N–H and O–H groups in total. The fourth-order valence-electron chi connectivity index (χ4n) is 4.90. The Balaban J connectivity index is 0.000000225. The number of H-pyrrole nitrogens is 1. The number of pyridine rings is 4. The summed E-state index contributed by atoms with van der Waals surface area (Å²) in [6.45, 7) is 18.1. The van der Waals surface area contributed by atoms with Crippen molar-refractivity contribution in [3.05, 3.63) is 89.0 Å². The van der Waals surface area contributed by atoms with Crippen molar-refractivity contribution in [3.63, 3.8) is 0 Å². The summed E-state index contributed by atoms with van der Waals surface area (Å²) in [5.41, 5.74) is -1.23. The second kappa shape index (κ2) is 13.4. The normalized spacial score (nSPS) is 12.6. The molecule has 0 amide bonds. The van der Waals surface area contributed by atoms with Crippen LogP contribution in [0.2, 0.25) is 36.3 Å². The Kier molecular flexibility index (Phi) is 10.3. The SMILES string of the molecule is CC(C)(C)[Si](C)(C)c1c(F)c(F)nc(-c2n[nH]c3ncccc23)c1F.CC(C)(C)[Si](C)(C)c1c(F)c(F)nc(C(=O)c2cccnc2F)c1F. The van der Waals surface area contributed by atoms with Crippen LogP contribution in [-0.2, 0) is 0 Å².